The number of nitrogens with one attached hydrogen (secondary N) is 1. The molecule has 1 aromatic heterocycles. The number of fused-ring (bicyclic) bond motifs is 2. The van der Waals surface area contributed by atoms with Crippen molar-refractivity contribution in [2.75, 3.05) is 12.3 Å². The molecule has 2 aliphatic rings. The van der Waals surface area contributed by atoms with Gasteiger partial charge in [-0.3, -0.25) is 9.78 Å². The van der Waals surface area contributed by atoms with Gasteiger partial charge in [-0.05, 0) is 43.1 Å². The van der Waals surface area contributed by atoms with Crippen molar-refractivity contribution in [1.29, 1.82) is 0 Å². The summed E-state index contributed by atoms with van der Waals surface area (Å²) >= 11 is 0. The molecule has 1 amide bonds. The summed E-state index contributed by atoms with van der Waals surface area (Å²) in [5.41, 5.74) is 6.72. The highest BCUT2D eigenvalue weighted by Crippen LogP contribution is 2.47. The molecule has 0 saturated heterocycles. The van der Waals surface area contributed by atoms with E-state index >= 15 is 0 Å². The van der Waals surface area contributed by atoms with Gasteiger partial charge < -0.3 is 11.1 Å². The fraction of sp³-hybridized carbons (Fsp3) is 0.571. The van der Waals surface area contributed by atoms with Gasteiger partial charge in [0, 0.05) is 12.7 Å². The predicted molar refractivity (Wildman–Crippen MR) is 69.9 cm³/mol. The molecule has 4 heteroatoms. The van der Waals surface area contributed by atoms with Gasteiger partial charge >= 0.3 is 0 Å². The molecular weight excluding hydrogens is 226 g/mol. The summed E-state index contributed by atoms with van der Waals surface area (Å²) in [7, 11) is 0. The maximum atomic E-state index is 12.0. The molecule has 3 atom stereocenters. The number of nitrogen functional groups attached to an aromatic ring is 1. The zero-order chi connectivity index (χ0) is 12.5. The Labute approximate surface area is 107 Å². The normalized spacial score (nSPS) is 29.4. The van der Waals surface area contributed by atoms with E-state index in [1.54, 1.807) is 12.3 Å². The minimum absolute atomic E-state index is 0.0716. The molecule has 4 nitrogen and oxygen atoms in total. The first kappa shape index (κ1) is 11.5. The van der Waals surface area contributed by atoms with Crippen LogP contribution in [0.5, 0.6) is 0 Å². The van der Waals surface area contributed by atoms with Crippen LogP contribution in [-0.2, 0) is 0 Å². The first-order valence-corrected chi connectivity index (χ1v) is 6.71. The Balaban J connectivity index is 1.57. The van der Waals surface area contributed by atoms with Crippen LogP contribution >= 0.6 is 0 Å². The molecule has 0 aliphatic heterocycles. The number of rotatable bonds is 3. The van der Waals surface area contributed by atoms with Crippen LogP contribution in [0.4, 0.5) is 5.69 Å². The van der Waals surface area contributed by atoms with Crippen LogP contribution in [0.15, 0.2) is 18.5 Å². The third-order valence-electron chi connectivity index (χ3n) is 4.51. The molecule has 18 heavy (non-hydrogen) atoms. The van der Waals surface area contributed by atoms with E-state index in [2.05, 4.69) is 10.3 Å². The number of carbonyl (C=O) groups excluding carboxylic acids is 1. The van der Waals surface area contributed by atoms with Gasteiger partial charge in [-0.15, -0.1) is 0 Å². The molecule has 2 saturated carbocycles. The van der Waals surface area contributed by atoms with Crippen LogP contribution in [0.2, 0.25) is 0 Å². The lowest BCUT2D eigenvalue weighted by molar-refractivity contribution is 0.0942. The highest BCUT2D eigenvalue weighted by atomic mass is 16.1. The molecule has 1 aromatic rings. The Bertz CT molecular complexity index is 460. The average molecular weight is 245 g/mol. The lowest BCUT2D eigenvalue weighted by Crippen LogP contribution is -2.32. The largest absolute Gasteiger partial charge is 0.397 e. The van der Waals surface area contributed by atoms with Gasteiger partial charge in [0.15, 0.2) is 0 Å². The number of nitrogens with zero attached hydrogens (tertiary/aromatic N) is 1. The van der Waals surface area contributed by atoms with Crippen molar-refractivity contribution in [1.82, 2.24) is 10.3 Å². The summed E-state index contributed by atoms with van der Waals surface area (Å²) in [6.07, 6.45) is 8.53. The molecule has 96 valence electrons. The van der Waals surface area contributed by atoms with Crippen molar-refractivity contribution in [3.8, 4) is 0 Å². The second kappa shape index (κ2) is 4.59. The summed E-state index contributed by atoms with van der Waals surface area (Å²) in [4.78, 5) is 15.9. The minimum atomic E-state index is -0.0716. The van der Waals surface area contributed by atoms with Crippen molar-refractivity contribution in [3.63, 3.8) is 0 Å². The van der Waals surface area contributed by atoms with Crippen molar-refractivity contribution in [2.24, 2.45) is 17.8 Å². The number of anilines is 1. The Kier molecular flexibility index (Phi) is 2.94. The van der Waals surface area contributed by atoms with Crippen molar-refractivity contribution < 1.29 is 4.79 Å². The summed E-state index contributed by atoms with van der Waals surface area (Å²) in [6.45, 7) is 0.793. The Morgan fingerprint density at radius 3 is 3.00 bits per heavy atom. The number of aromatic nitrogens is 1. The van der Waals surface area contributed by atoms with E-state index in [-0.39, 0.29) is 5.91 Å². The van der Waals surface area contributed by atoms with E-state index in [4.69, 9.17) is 5.73 Å². The van der Waals surface area contributed by atoms with E-state index in [0.29, 0.717) is 17.2 Å². The number of pyridine rings is 1. The molecule has 2 bridgehead atoms. The number of carbonyl (C=O) groups is 1. The average Bonchev–Trinajstić information content (AvgIpc) is 2.98. The van der Waals surface area contributed by atoms with Gasteiger partial charge in [0.2, 0.25) is 0 Å². The van der Waals surface area contributed by atoms with Gasteiger partial charge in [-0.25, -0.2) is 0 Å². The molecule has 0 radical (unpaired) electrons. The summed E-state index contributed by atoms with van der Waals surface area (Å²) < 4.78 is 0. The molecule has 2 fully saturated rings. The Morgan fingerprint density at radius 1 is 1.44 bits per heavy atom. The highest BCUT2D eigenvalue weighted by Gasteiger charge is 2.39. The number of amides is 1. The molecule has 0 spiro atoms. The van der Waals surface area contributed by atoms with Crippen LogP contribution in [0.25, 0.3) is 0 Å². The summed E-state index contributed by atoms with van der Waals surface area (Å²) in [5.74, 6) is 2.36. The lowest BCUT2D eigenvalue weighted by atomic mass is 9.89. The molecule has 3 rings (SSSR count). The maximum Gasteiger partial charge on any atom is 0.253 e. The van der Waals surface area contributed by atoms with E-state index in [1.165, 1.54) is 31.9 Å². The summed E-state index contributed by atoms with van der Waals surface area (Å²) in [5, 5.41) is 3.02. The third-order valence-corrected chi connectivity index (χ3v) is 4.51. The van der Waals surface area contributed by atoms with Crippen LogP contribution in [-0.4, -0.2) is 17.4 Å². The third kappa shape index (κ3) is 2.07. The van der Waals surface area contributed by atoms with E-state index in [9.17, 15) is 4.79 Å². The highest BCUT2D eigenvalue weighted by molar-refractivity contribution is 5.98. The maximum absolute atomic E-state index is 12.0. The van der Waals surface area contributed by atoms with Crippen LogP contribution in [0, 0.1) is 17.8 Å². The Hall–Kier alpha value is -1.58. The van der Waals surface area contributed by atoms with Crippen molar-refractivity contribution >= 4 is 11.6 Å². The van der Waals surface area contributed by atoms with Gasteiger partial charge in [0.05, 0.1) is 17.4 Å². The second-order valence-corrected chi connectivity index (χ2v) is 5.61. The fourth-order valence-electron chi connectivity index (χ4n) is 3.56. The van der Waals surface area contributed by atoms with E-state index in [1.807, 2.05) is 0 Å². The second-order valence-electron chi connectivity index (χ2n) is 5.61. The molecule has 1 heterocycles. The standard InChI is InChI=1S/C14H19N3O/c15-13-8-16-4-3-12(13)14(18)17-7-11-6-9-1-2-10(11)5-9/h3-4,8-11H,1-2,5-7,15H2,(H,17,18). The monoisotopic (exact) mass is 245 g/mol. The van der Waals surface area contributed by atoms with E-state index < -0.39 is 0 Å². The van der Waals surface area contributed by atoms with Gasteiger partial charge in [-0.2, -0.15) is 0 Å². The quantitative estimate of drug-likeness (QED) is 0.853. The molecule has 3 N–H and O–H groups in total. The zero-order valence-corrected chi connectivity index (χ0v) is 10.4. The Morgan fingerprint density at radius 2 is 2.33 bits per heavy atom. The minimum Gasteiger partial charge on any atom is -0.397 e. The SMILES string of the molecule is Nc1cnccc1C(=O)NCC1CC2CCC1C2. The van der Waals surface area contributed by atoms with Gasteiger partial charge in [0.25, 0.3) is 5.91 Å². The number of nitrogens with two attached hydrogens (primary N) is 1. The van der Waals surface area contributed by atoms with Crippen LogP contribution in [0.3, 0.4) is 0 Å². The molecule has 2 aliphatic carbocycles. The van der Waals surface area contributed by atoms with Crippen LogP contribution in [0.1, 0.15) is 36.0 Å². The van der Waals surface area contributed by atoms with Crippen molar-refractivity contribution in [2.45, 2.75) is 25.7 Å². The van der Waals surface area contributed by atoms with Gasteiger partial charge in [-0.1, -0.05) is 6.42 Å². The van der Waals surface area contributed by atoms with E-state index in [0.717, 1.165) is 18.4 Å². The first-order chi connectivity index (χ1) is 8.74. The summed E-state index contributed by atoms with van der Waals surface area (Å²) in [6, 6.07) is 1.67. The van der Waals surface area contributed by atoms with Crippen LogP contribution < -0.4 is 11.1 Å². The molecule has 0 aromatic carbocycles. The first-order valence-electron chi connectivity index (χ1n) is 6.71. The van der Waals surface area contributed by atoms with Crippen molar-refractivity contribution in [3.05, 3.63) is 24.0 Å². The lowest BCUT2D eigenvalue weighted by Gasteiger charge is -2.21. The molecular formula is C14H19N3O. The number of hydrogen-bond acceptors (Lipinski definition) is 3. The molecule has 3 unspecified atom stereocenters. The smallest absolute Gasteiger partial charge is 0.253 e. The zero-order valence-electron chi connectivity index (χ0n) is 10.4. The topological polar surface area (TPSA) is 68.0 Å². The fourth-order valence-corrected chi connectivity index (χ4v) is 3.56. The number of hydrogen-bond donors (Lipinski definition) is 2. The van der Waals surface area contributed by atoms with Gasteiger partial charge in [0.1, 0.15) is 0 Å². The predicted octanol–water partition coefficient (Wildman–Crippen LogP) is 1.83.